The number of rotatable bonds is 7. The smallest absolute Gasteiger partial charge is 0.317 e. The molecule has 1 spiro atoms. The molecular weight excluding hydrogens is 600 g/mol. The maximum absolute atomic E-state index is 13.9. The third kappa shape index (κ3) is 6.24. The molecule has 8 nitrogen and oxygen atoms in total. The van der Waals surface area contributed by atoms with E-state index in [1.54, 1.807) is 0 Å². The second-order valence-electron chi connectivity index (χ2n) is 18.7. The van der Waals surface area contributed by atoms with Gasteiger partial charge in [-0.05, 0) is 131 Å². The van der Waals surface area contributed by atoms with Crippen LogP contribution >= 0.6 is 0 Å². The fraction of sp³-hybridized carbons (Fsp3) is 0.950. The normalized spacial score (nSPS) is 45.6. The van der Waals surface area contributed by atoms with Gasteiger partial charge in [0.2, 0.25) is 5.91 Å². The first-order valence-corrected chi connectivity index (χ1v) is 20.2. The molecule has 48 heavy (non-hydrogen) atoms. The molecule has 3 amide bonds. The molecule has 7 fully saturated rings. The van der Waals surface area contributed by atoms with E-state index in [4.69, 9.17) is 9.47 Å². The number of likely N-dealkylation sites (N-methyl/N-ethyl adjacent to an activating group) is 1. The second-order valence-corrected chi connectivity index (χ2v) is 18.7. The van der Waals surface area contributed by atoms with Crippen molar-refractivity contribution < 1.29 is 19.1 Å². The minimum Gasteiger partial charge on any atom is -0.353 e. The van der Waals surface area contributed by atoms with E-state index in [1.165, 1.54) is 64.2 Å². The van der Waals surface area contributed by atoms with Crippen LogP contribution in [0.3, 0.4) is 0 Å². The van der Waals surface area contributed by atoms with Crippen LogP contribution in [-0.4, -0.2) is 86.0 Å². The number of ether oxygens (including phenoxy) is 2. The topological polar surface area (TPSA) is 83.1 Å². The lowest BCUT2D eigenvalue weighted by Crippen LogP contribution is -2.57. The predicted molar refractivity (Wildman–Crippen MR) is 189 cm³/mol. The number of carbonyl (C=O) groups excluding carboxylic acids is 2. The van der Waals surface area contributed by atoms with Crippen LogP contribution < -0.4 is 10.6 Å². The second kappa shape index (κ2) is 13.6. The molecule has 2 saturated heterocycles. The van der Waals surface area contributed by atoms with Gasteiger partial charge in [-0.1, -0.05) is 47.0 Å². The molecule has 7 aliphatic rings. The van der Waals surface area contributed by atoms with Crippen LogP contribution in [0.25, 0.3) is 0 Å². The first-order valence-electron chi connectivity index (χ1n) is 20.2. The van der Waals surface area contributed by atoms with Crippen molar-refractivity contribution in [2.45, 2.75) is 148 Å². The fourth-order valence-corrected chi connectivity index (χ4v) is 13.2. The Morgan fingerprint density at radius 3 is 2.35 bits per heavy atom. The van der Waals surface area contributed by atoms with Crippen molar-refractivity contribution in [2.24, 2.45) is 52.3 Å². The number of carbonyl (C=O) groups is 2. The minimum absolute atomic E-state index is 0.0221. The van der Waals surface area contributed by atoms with Gasteiger partial charge in [0.1, 0.15) is 0 Å². The number of fused-ring (bicyclic) bond motifs is 7. The van der Waals surface area contributed by atoms with E-state index in [9.17, 15) is 9.59 Å². The average molecular weight is 669 g/mol. The molecule has 5 saturated carbocycles. The molecule has 0 aromatic rings. The summed E-state index contributed by atoms with van der Waals surface area (Å²) >= 11 is 0. The van der Waals surface area contributed by atoms with Crippen molar-refractivity contribution >= 4 is 11.9 Å². The lowest BCUT2D eigenvalue weighted by atomic mass is 9.44. The summed E-state index contributed by atoms with van der Waals surface area (Å²) < 4.78 is 13.6. The molecule has 2 heterocycles. The third-order valence-electron chi connectivity index (χ3n) is 15.7. The standard InChI is InChI=1S/C40H68N4O4/c1-26-14-19-40(47-25-26)27(2)36-34(48-40)23-33-31-13-12-28-22-29(15-17-38(28,3)32(31)16-18-39(33,36)4)42-37(46)44(30-10-8-7-9-11-30)21-20-41-35(45)24-43(5)6/h26-34,36H,7-25H2,1-6H3,(H,41,45)(H,42,46)/t26-,27-,28+,29+,31+,32-,33-,34-,36-,38-,39-,40+/m0/s1. The molecule has 12 atom stereocenters. The van der Waals surface area contributed by atoms with Gasteiger partial charge < -0.3 is 29.9 Å². The maximum Gasteiger partial charge on any atom is 0.317 e. The summed E-state index contributed by atoms with van der Waals surface area (Å²) in [6, 6.07) is 0.635. The Morgan fingerprint density at radius 1 is 0.854 bits per heavy atom. The fourth-order valence-electron chi connectivity index (χ4n) is 13.2. The molecule has 7 rings (SSSR count). The zero-order valence-corrected chi connectivity index (χ0v) is 31.2. The van der Waals surface area contributed by atoms with Gasteiger partial charge in [0.15, 0.2) is 5.79 Å². The molecule has 5 aliphatic carbocycles. The molecule has 0 aromatic carbocycles. The van der Waals surface area contributed by atoms with Crippen molar-refractivity contribution in [3.63, 3.8) is 0 Å². The zero-order valence-electron chi connectivity index (χ0n) is 31.2. The van der Waals surface area contributed by atoms with Gasteiger partial charge in [-0.2, -0.15) is 0 Å². The van der Waals surface area contributed by atoms with E-state index in [2.05, 4.69) is 43.2 Å². The van der Waals surface area contributed by atoms with E-state index in [0.29, 0.717) is 60.2 Å². The van der Waals surface area contributed by atoms with Crippen LogP contribution in [0.15, 0.2) is 0 Å². The third-order valence-corrected chi connectivity index (χ3v) is 15.7. The lowest BCUT2D eigenvalue weighted by Gasteiger charge is -2.61. The largest absolute Gasteiger partial charge is 0.353 e. The van der Waals surface area contributed by atoms with E-state index >= 15 is 0 Å². The first kappa shape index (κ1) is 35.0. The highest BCUT2D eigenvalue weighted by atomic mass is 16.7. The van der Waals surface area contributed by atoms with E-state index in [0.717, 1.165) is 56.5 Å². The van der Waals surface area contributed by atoms with Crippen LogP contribution in [0.1, 0.15) is 124 Å². The molecule has 0 aromatic heterocycles. The van der Waals surface area contributed by atoms with E-state index < -0.39 is 0 Å². The predicted octanol–water partition coefficient (Wildman–Crippen LogP) is 6.82. The quantitative estimate of drug-likeness (QED) is 0.311. The van der Waals surface area contributed by atoms with Crippen molar-refractivity contribution in [3.05, 3.63) is 0 Å². The molecule has 2 aliphatic heterocycles. The summed E-state index contributed by atoms with van der Waals surface area (Å²) in [5, 5.41) is 6.60. The Balaban J connectivity index is 0.972. The van der Waals surface area contributed by atoms with Gasteiger partial charge in [0.25, 0.3) is 0 Å². The number of nitrogens with one attached hydrogen (secondary N) is 2. The molecule has 272 valence electrons. The van der Waals surface area contributed by atoms with Crippen molar-refractivity contribution in [3.8, 4) is 0 Å². The monoisotopic (exact) mass is 669 g/mol. The number of hydrogen-bond acceptors (Lipinski definition) is 5. The molecular formula is C40H68N4O4. The summed E-state index contributed by atoms with van der Waals surface area (Å²) in [7, 11) is 3.81. The van der Waals surface area contributed by atoms with Crippen LogP contribution in [0.5, 0.6) is 0 Å². The van der Waals surface area contributed by atoms with Crippen LogP contribution in [-0.2, 0) is 14.3 Å². The Morgan fingerprint density at radius 2 is 1.62 bits per heavy atom. The van der Waals surface area contributed by atoms with Crippen molar-refractivity contribution in [1.29, 1.82) is 0 Å². The maximum atomic E-state index is 13.9. The Hall–Kier alpha value is -1.38. The summed E-state index contributed by atoms with van der Waals surface area (Å²) in [6.45, 7) is 12.4. The SMILES string of the molecule is C[C@H]1CC[C@@]2(OC1)O[C@H]1C[C@H]3[C@@H]4CC[C@@H]5C[C@H](NC(=O)N(CCNC(=O)CN(C)C)C6CCCCC6)CC[C@]5(C)[C@H]4CC[C@]3(C)[C@H]1[C@@H]2C. The molecule has 0 unspecified atom stereocenters. The Kier molecular flexibility index (Phi) is 9.95. The minimum atomic E-state index is -0.328. The number of hydrogen-bond donors (Lipinski definition) is 2. The molecule has 2 N–H and O–H groups in total. The van der Waals surface area contributed by atoms with Gasteiger partial charge in [-0.3, -0.25) is 4.79 Å². The van der Waals surface area contributed by atoms with Crippen molar-refractivity contribution in [1.82, 2.24) is 20.4 Å². The van der Waals surface area contributed by atoms with Gasteiger partial charge in [-0.15, -0.1) is 0 Å². The van der Waals surface area contributed by atoms with Crippen LogP contribution in [0.2, 0.25) is 0 Å². The molecule has 0 bridgehead atoms. The summed E-state index contributed by atoms with van der Waals surface area (Å²) in [6.07, 6.45) is 18.5. The van der Waals surface area contributed by atoms with E-state index in [1.807, 2.05) is 19.0 Å². The van der Waals surface area contributed by atoms with Gasteiger partial charge in [0, 0.05) is 37.5 Å². The number of amides is 3. The highest BCUT2D eigenvalue weighted by Crippen LogP contribution is 2.71. The zero-order chi connectivity index (χ0) is 33.8. The van der Waals surface area contributed by atoms with Crippen molar-refractivity contribution in [2.75, 3.05) is 40.3 Å². The lowest BCUT2D eigenvalue weighted by molar-refractivity contribution is -0.273. The van der Waals surface area contributed by atoms with Gasteiger partial charge in [-0.25, -0.2) is 4.79 Å². The Bertz CT molecular complexity index is 1170. The number of urea groups is 1. The summed E-state index contributed by atoms with van der Waals surface area (Å²) in [5.74, 6) is 4.51. The summed E-state index contributed by atoms with van der Waals surface area (Å²) in [4.78, 5) is 30.2. The highest BCUT2D eigenvalue weighted by Gasteiger charge is 2.69. The van der Waals surface area contributed by atoms with Gasteiger partial charge >= 0.3 is 6.03 Å². The van der Waals surface area contributed by atoms with Gasteiger partial charge in [0.05, 0.1) is 19.3 Å². The summed E-state index contributed by atoms with van der Waals surface area (Å²) in [5.41, 5.74) is 0.739. The molecule has 0 radical (unpaired) electrons. The highest BCUT2D eigenvalue weighted by molar-refractivity contribution is 5.78. The van der Waals surface area contributed by atoms with Crippen LogP contribution in [0.4, 0.5) is 4.79 Å². The average Bonchev–Trinajstić information content (AvgIpc) is 3.50. The molecule has 8 heteroatoms. The van der Waals surface area contributed by atoms with E-state index in [-0.39, 0.29) is 29.8 Å². The van der Waals surface area contributed by atoms with Crippen LogP contribution in [0, 0.1) is 52.3 Å². The number of nitrogens with zero attached hydrogens (tertiary/aromatic N) is 2. The Labute approximate surface area is 291 Å². The first-order chi connectivity index (χ1) is 22.9.